The summed E-state index contributed by atoms with van der Waals surface area (Å²) >= 11 is 1.37. The number of aryl methyl sites for hydroxylation is 1. The van der Waals surface area contributed by atoms with Crippen molar-refractivity contribution >= 4 is 29.4 Å². The molecule has 0 aliphatic carbocycles. The molecule has 0 unspecified atom stereocenters. The molecule has 2 heterocycles. The third-order valence-corrected chi connectivity index (χ3v) is 7.32. The van der Waals surface area contributed by atoms with Crippen LogP contribution >= 0.6 is 11.8 Å². The molecule has 1 aliphatic rings. The zero-order chi connectivity index (χ0) is 26.2. The van der Waals surface area contributed by atoms with E-state index in [1.807, 2.05) is 51.1 Å². The van der Waals surface area contributed by atoms with Crippen LogP contribution in [0.1, 0.15) is 62.3 Å². The SMILES string of the molecule is Cc1ccccc1-n1nc(C(C)(C)C)c2c1N(CC(=O)NC(C)C)C(=O)CS[C@@H]2c1ccccc1F. The van der Waals surface area contributed by atoms with Gasteiger partial charge in [0.2, 0.25) is 11.8 Å². The zero-order valence-corrected chi connectivity index (χ0v) is 22.4. The summed E-state index contributed by atoms with van der Waals surface area (Å²) in [6.45, 7) is 11.8. The smallest absolute Gasteiger partial charge is 0.240 e. The highest BCUT2D eigenvalue weighted by molar-refractivity contribution is 8.00. The van der Waals surface area contributed by atoms with Crippen LogP contribution in [0.5, 0.6) is 0 Å². The van der Waals surface area contributed by atoms with Gasteiger partial charge in [0.05, 0.1) is 22.4 Å². The van der Waals surface area contributed by atoms with Crippen molar-refractivity contribution in [1.29, 1.82) is 0 Å². The number of thioether (sulfide) groups is 1. The van der Waals surface area contributed by atoms with Gasteiger partial charge in [-0.1, -0.05) is 57.2 Å². The largest absolute Gasteiger partial charge is 0.352 e. The Kier molecular flexibility index (Phi) is 7.27. The molecule has 0 saturated carbocycles. The van der Waals surface area contributed by atoms with Crippen LogP contribution in [0.25, 0.3) is 5.69 Å². The summed E-state index contributed by atoms with van der Waals surface area (Å²) < 4.78 is 16.9. The van der Waals surface area contributed by atoms with Gasteiger partial charge in [-0.2, -0.15) is 5.10 Å². The topological polar surface area (TPSA) is 67.2 Å². The number of anilines is 1. The predicted octanol–water partition coefficient (Wildman–Crippen LogP) is 5.31. The van der Waals surface area contributed by atoms with Gasteiger partial charge in [-0.15, -0.1) is 11.8 Å². The summed E-state index contributed by atoms with van der Waals surface area (Å²) in [5, 5.41) is 7.48. The van der Waals surface area contributed by atoms with Crippen molar-refractivity contribution in [1.82, 2.24) is 15.1 Å². The Bertz CT molecular complexity index is 1290. The number of aromatic nitrogens is 2. The fourth-order valence-electron chi connectivity index (χ4n) is 4.49. The maximum Gasteiger partial charge on any atom is 0.240 e. The van der Waals surface area contributed by atoms with E-state index in [0.29, 0.717) is 11.4 Å². The first-order valence-corrected chi connectivity index (χ1v) is 13.2. The van der Waals surface area contributed by atoms with Crippen molar-refractivity contribution in [2.45, 2.75) is 58.2 Å². The number of nitrogens with zero attached hydrogens (tertiary/aromatic N) is 3. The molecule has 0 radical (unpaired) electrons. The highest BCUT2D eigenvalue weighted by atomic mass is 32.2. The van der Waals surface area contributed by atoms with Crippen LogP contribution in [0.3, 0.4) is 0 Å². The predicted molar refractivity (Wildman–Crippen MR) is 143 cm³/mol. The molecule has 1 atom stereocenters. The number of fused-ring (bicyclic) bond motifs is 1. The molecule has 0 fully saturated rings. The van der Waals surface area contributed by atoms with Crippen molar-refractivity contribution in [2.24, 2.45) is 0 Å². The van der Waals surface area contributed by atoms with Crippen LogP contribution in [0.4, 0.5) is 10.2 Å². The lowest BCUT2D eigenvalue weighted by atomic mass is 9.87. The van der Waals surface area contributed by atoms with Crippen molar-refractivity contribution < 1.29 is 14.0 Å². The number of rotatable bonds is 5. The molecule has 2 amide bonds. The molecular weight excluding hydrogens is 475 g/mol. The lowest BCUT2D eigenvalue weighted by molar-refractivity contribution is -0.123. The standard InChI is InChI=1S/C28H33FN4O2S/c1-17(2)30-22(34)15-32-23(35)16-36-25(19-12-8-9-13-20(19)29)24-26(28(4,5)6)31-33(27(24)32)21-14-10-7-11-18(21)3/h7-14,17,25H,15-16H2,1-6H3,(H,30,34)/t25-/m1/s1. The van der Waals surface area contributed by atoms with Crippen LogP contribution in [0.2, 0.25) is 0 Å². The van der Waals surface area contributed by atoms with E-state index in [-0.39, 0.29) is 36.0 Å². The third-order valence-electron chi connectivity index (χ3n) is 6.08. The molecule has 1 N–H and O–H groups in total. The van der Waals surface area contributed by atoms with Crippen molar-refractivity contribution in [3.8, 4) is 5.69 Å². The molecule has 6 nitrogen and oxygen atoms in total. The number of para-hydroxylation sites is 1. The maximum absolute atomic E-state index is 15.2. The van der Waals surface area contributed by atoms with Gasteiger partial charge in [0.1, 0.15) is 18.2 Å². The van der Waals surface area contributed by atoms with E-state index < -0.39 is 10.7 Å². The second-order valence-corrected chi connectivity index (χ2v) is 11.5. The second kappa shape index (κ2) is 10.1. The molecule has 3 aromatic rings. The van der Waals surface area contributed by atoms with Crippen LogP contribution in [-0.4, -0.2) is 39.9 Å². The first-order chi connectivity index (χ1) is 17.0. The average molecular weight is 509 g/mol. The Balaban J connectivity index is 2.05. The van der Waals surface area contributed by atoms with Crippen LogP contribution in [0.15, 0.2) is 48.5 Å². The minimum absolute atomic E-state index is 0.0639. The zero-order valence-electron chi connectivity index (χ0n) is 21.6. The number of halogens is 1. The summed E-state index contributed by atoms with van der Waals surface area (Å²) in [5.41, 5.74) is 3.42. The van der Waals surface area contributed by atoms with Gasteiger partial charge in [-0.05, 0) is 38.5 Å². The number of benzene rings is 2. The minimum Gasteiger partial charge on any atom is -0.352 e. The number of carbonyl (C=O) groups excluding carboxylic acids is 2. The first-order valence-electron chi connectivity index (χ1n) is 12.1. The van der Waals surface area contributed by atoms with Crippen molar-refractivity contribution in [2.75, 3.05) is 17.2 Å². The first kappa shape index (κ1) is 25.9. The average Bonchev–Trinajstić information content (AvgIpc) is 3.13. The molecule has 0 spiro atoms. The van der Waals surface area contributed by atoms with Crippen molar-refractivity contribution in [3.05, 3.63) is 76.7 Å². The molecule has 4 rings (SSSR count). The summed E-state index contributed by atoms with van der Waals surface area (Å²) in [4.78, 5) is 28.0. The lowest BCUT2D eigenvalue weighted by Gasteiger charge is -2.25. The molecular formula is C28H33FN4O2S. The Labute approximate surface area is 216 Å². The van der Waals surface area contributed by atoms with Crippen LogP contribution in [0, 0.1) is 12.7 Å². The molecule has 2 aromatic carbocycles. The van der Waals surface area contributed by atoms with E-state index in [1.165, 1.54) is 22.7 Å². The van der Waals surface area contributed by atoms with Crippen molar-refractivity contribution in [3.63, 3.8) is 0 Å². The van der Waals surface area contributed by atoms with Crippen LogP contribution in [-0.2, 0) is 15.0 Å². The third kappa shape index (κ3) is 5.05. The fourth-order valence-corrected chi connectivity index (χ4v) is 5.71. The highest BCUT2D eigenvalue weighted by Crippen LogP contribution is 2.49. The van der Waals surface area contributed by atoms with E-state index in [4.69, 9.17) is 5.10 Å². The van der Waals surface area contributed by atoms with Gasteiger partial charge in [-0.3, -0.25) is 14.5 Å². The van der Waals surface area contributed by atoms with Crippen LogP contribution < -0.4 is 10.2 Å². The molecule has 36 heavy (non-hydrogen) atoms. The van der Waals surface area contributed by atoms with E-state index in [0.717, 1.165) is 22.5 Å². The van der Waals surface area contributed by atoms with E-state index in [1.54, 1.807) is 16.8 Å². The quantitative estimate of drug-likeness (QED) is 0.507. The Morgan fingerprint density at radius 2 is 1.83 bits per heavy atom. The van der Waals surface area contributed by atoms with Gasteiger partial charge in [0.25, 0.3) is 0 Å². The Morgan fingerprint density at radius 1 is 1.17 bits per heavy atom. The summed E-state index contributed by atoms with van der Waals surface area (Å²) in [5.74, 6) is -0.165. The van der Waals surface area contributed by atoms with Gasteiger partial charge in [0.15, 0.2) is 0 Å². The molecule has 8 heteroatoms. The Hall–Kier alpha value is -3.13. The second-order valence-electron chi connectivity index (χ2n) is 10.4. The molecule has 1 aliphatic heterocycles. The highest BCUT2D eigenvalue weighted by Gasteiger charge is 2.40. The van der Waals surface area contributed by atoms with Gasteiger partial charge in [0, 0.05) is 22.6 Å². The fraction of sp³-hybridized carbons (Fsp3) is 0.393. The number of hydrogen-bond donors (Lipinski definition) is 1. The van der Waals surface area contributed by atoms with Gasteiger partial charge >= 0.3 is 0 Å². The van der Waals surface area contributed by atoms with E-state index in [9.17, 15) is 9.59 Å². The molecule has 190 valence electrons. The van der Waals surface area contributed by atoms with Gasteiger partial charge in [-0.25, -0.2) is 9.07 Å². The number of carbonyl (C=O) groups is 2. The molecule has 1 aromatic heterocycles. The van der Waals surface area contributed by atoms with E-state index in [2.05, 4.69) is 26.1 Å². The minimum atomic E-state index is -0.463. The summed E-state index contributed by atoms with van der Waals surface area (Å²) in [6.07, 6.45) is 0. The lowest BCUT2D eigenvalue weighted by Crippen LogP contribution is -2.44. The number of amides is 2. The normalized spacial score (nSPS) is 16.2. The van der Waals surface area contributed by atoms with E-state index >= 15 is 4.39 Å². The summed E-state index contributed by atoms with van der Waals surface area (Å²) in [6, 6.07) is 14.4. The monoisotopic (exact) mass is 508 g/mol. The maximum atomic E-state index is 15.2. The number of hydrogen-bond acceptors (Lipinski definition) is 4. The molecule has 0 bridgehead atoms. The molecule has 0 saturated heterocycles. The Morgan fingerprint density at radius 3 is 2.47 bits per heavy atom. The summed E-state index contributed by atoms with van der Waals surface area (Å²) in [7, 11) is 0. The number of nitrogens with one attached hydrogen (secondary N) is 1. The van der Waals surface area contributed by atoms with Gasteiger partial charge < -0.3 is 5.32 Å².